The highest BCUT2D eigenvalue weighted by molar-refractivity contribution is 9.10. The molecule has 1 heterocycles. The van der Waals surface area contributed by atoms with Crippen LogP contribution in [-0.2, 0) is 7.05 Å². The summed E-state index contributed by atoms with van der Waals surface area (Å²) in [5.74, 6) is 0. The summed E-state index contributed by atoms with van der Waals surface area (Å²) in [6.07, 6.45) is 3.64. The highest BCUT2D eigenvalue weighted by atomic mass is 79.9. The van der Waals surface area contributed by atoms with Crippen molar-refractivity contribution in [2.45, 2.75) is 13.8 Å². The van der Waals surface area contributed by atoms with Gasteiger partial charge in [0.1, 0.15) is 0 Å². The molecule has 1 aromatic rings. The molecule has 2 nitrogen and oxygen atoms in total. The summed E-state index contributed by atoms with van der Waals surface area (Å²) in [7, 11) is 1.88. The Kier molecular flexibility index (Phi) is 4.40. The van der Waals surface area contributed by atoms with Crippen molar-refractivity contribution in [1.82, 2.24) is 9.78 Å². The Balaban J connectivity index is 0.000000291. The molecule has 0 aliphatic rings. The smallest absolute Gasteiger partial charge is 0.0632 e. The second-order valence-electron chi connectivity index (χ2n) is 1.33. The second kappa shape index (κ2) is 4.56. The van der Waals surface area contributed by atoms with E-state index in [4.69, 9.17) is 0 Å². The van der Waals surface area contributed by atoms with Crippen LogP contribution in [0.4, 0.5) is 0 Å². The predicted octanol–water partition coefficient (Wildman–Crippen LogP) is 2.21. The Hall–Kier alpha value is -0.310. The van der Waals surface area contributed by atoms with Gasteiger partial charge in [0, 0.05) is 13.2 Å². The number of nitrogens with zero attached hydrogens (tertiary/aromatic N) is 2. The monoisotopic (exact) mass is 190 g/mol. The van der Waals surface area contributed by atoms with Crippen LogP contribution in [0.15, 0.2) is 16.9 Å². The van der Waals surface area contributed by atoms with Crippen molar-refractivity contribution in [3.63, 3.8) is 0 Å². The quantitative estimate of drug-likeness (QED) is 0.614. The van der Waals surface area contributed by atoms with Gasteiger partial charge in [0.05, 0.1) is 10.7 Å². The van der Waals surface area contributed by atoms with Crippen molar-refractivity contribution < 1.29 is 0 Å². The molecule has 0 aliphatic carbocycles. The summed E-state index contributed by atoms with van der Waals surface area (Å²) in [5, 5.41) is 3.89. The van der Waals surface area contributed by atoms with Crippen LogP contribution in [-0.4, -0.2) is 9.78 Å². The lowest BCUT2D eigenvalue weighted by Crippen LogP contribution is -1.83. The zero-order valence-electron chi connectivity index (χ0n) is 5.93. The fourth-order valence-electron chi connectivity index (χ4n) is 0.391. The third-order valence-corrected chi connectivity index (χ3v) is 1.08. The zero-order chi connectivity index (χ0) is 7.28. The Morgan fingerprint density at radius 3 is 2.22 bits per heavy atom. The van der Waals surface area contributed by atoms with Crippen LogP contribution in [0.5, 0.6) is 0 Å². The molecule has 0 saturated heterocycles. The predicted molar refractivity (Wildman–Crippen MR) is 42.3 cm³/mol. The van der Waals surface area contributed by atoms with Crippen molar-refractivity contribution in [2.75, 3.05) is 0 Å². The molecule has 0 bridgehead atoms. The molecule has 0 N–H and O–H groups in total. The maximum absolute atomic E-state index is 3.89. The van der Waals surface area contributed by atoms with Gasteiger partial charge in [-0.25, -0.2) is 0 Å². The Morgan fingerprint density at radius 2 is 2.11 bits per heavy atom. The lowest BCUT2D eigenvalue weighted by atomic mass is 10.8. The minimum Gasteiger partial charge on any atom is -0.275 e. The third kappa shape index (κ3) is 3.30. The molecule has 0 aliphatic heterocycles. The first-order valence-corrected chi connectivity index (χ1v) is 3.72. The van der Waals surface area contributed by atoms with Crippen molar-refractivity contribution in [3.05, 3.63) is 16.9 Å². The van der Waals surface area contributed by atoms with Gasteiger partial charge < -0.3 is 0 Å². The average Bonchev–Trinajstić information content (AvgIpc) is 2.20. The topological polar surface area (TPSA) is 17.8 Å². The maximum atomic E-state index is 3.89. The van der Waals surface area contributed by atoms with E-state index in [0.29, 0.717) is 0 Å². The SMILES string of the molecule is CC.Cn1cc(Br)cn1. The first-order chi connectivity index (χ1) is 4.29. The van der Waals surface area contributed by atoms with Gasteiger partial charge in [0.15, 0.2) is 0 Å². The number of hydrogen-bond donors (Lipinski definition) is 0. The lowest BCUT2D eigenvalue weighted by Gasteiger charge is -1.77. The van der Waals surface area contributed by atoms with Crippen LogP contribution in [0.3, 0.4) is 0 Å². The van der Waals surface area contributed by atoms with E-state index in [0.717, 1.165) is 4.47 Å². The molecule has 9 heavy (non-hydrogen) atoms. The van der Waals surface area contributed by atoms with Crippen LogP contribution in [0.25, 0.3) is 0 Å². The van der Waals surface area contributed by atoms with Crippen molar-refractivity contribution in [1.29, 1.82) is 0 Å². The standard InChI is InChI=1S/C4H5BrN2.C2H6/c1-7-3-4(5)2-6-7;1-2/h2-3H,1H3;1-2H3. The molecular weight excluding hydrogens is 180 g/mol. The lowest BCUT2D eigenvalue weighted by molar-refractivity contribution is 0.767. The normalized spacial score (nSPS) is 8.00. The summed E-state index contributed by atoms with van der Waals surface area (Å²) in [6.45, 7) is 4.00. The fourth-order valence-corrected chi connectivity index (χ4v) is 0.779. The van der Waals surface area contributed by atoms with Gasteiger partial charge in [-0.15, -0.1) is 0 Å². The van der Waals surface area contributed by atoms with E-state index in [1.807, 2.05) is 27.1 Å². The molecular formula is C6H11BrN2. The van der Waals surface area contributed by atoms with Gasteiger partial charge in [-0.3, -0.25) is 4.68 Å². The van der Waals surface area contributed by atoms with E-state index in [1.54, 1.807) is 10.9 Å². The average molecular weight is 191 g/mol. The Labute approximate surface area is 64.0 Å². The summed E-state index contributed by atoms with van der Waals surface area (Å²) >= 11 is 3.25. The minimum atomic E-state index is 1.02. The van der Waals surface area contributed by atoms with Crippen LogP contribution in [0.1, 0.15) is 13.8 Å². The van der Waals surface area contributed by atoms with E-state index in [2.05, 4.69) is 21.0 Å². The molecule has 0 spiro atoms. The molecule has 52 valence electrons. The number of halogens is 1. The number of aromatic nitrogens is 2. The van der Waals surface area contributed by atoms with E-state index in [9.17, 15) is 0 Å². The van der Waals surface area contributed by atoms with Crippen molar-refractivity contribution in [3.8, 4) is 0 Å². The molecule has 1 rings (SSSR count). The Bertz CT molecular complexity index is 143. The van der Waals surface area contributed by atoms with Crippen molar-refractivity contribution >= 4 is 15.9 Å². The second-order valence-corrected chi connectivity index (χ2v) is 2.25. The van der Waals surface area contributed by atoms with E-state index >= 15 is 0 Å². The zero-order valence-corrected chi connectivity index (χ0v) is 7.51. The van der Waals surface area contributed by atoms with E-state index < -0.39 is 0 Å². The minimum absolute atomic E-state index is 1.02. The Morgan fingerprint density at radius 1 is 1.56 bits per heavy atom. The number of rotatable bonds is 0. The van der Waals surface area contributed by atoms with Gasteiger partial charge in [0.25, 0.3) is 0 Å². The number of aryl methyl sites for hydroxylation is 1. The fraction of sp³-hybridized carbons (Fsp3) is 0.500. The third-order valence-electron chi connectivity index (χ3n) is 0.673. The molecule has 0 aromatic carbocycles. The van der Waals surface area contributed by atoms with Gasteiger partial charge in [-0.1, -0.05) is 13.8 Å². The highest BCUT2D eigenvalue weighted by Crippen LogP contribution is 2.03. The van der Waals surface area contributed by atoms with E-state index in [1.165, 1.54) is 0 Å². The number of hydrogen-bond acceptors (Lipinski definition) is 1. The summed E-state index contributed by atoms with van der Waals surface area (Å²) in [6, 6.07) is 0. The maximum Gasteiger partial charge on any atom is 0.0632 e. The molecule has 1 aromatic heterocycles. The summed E-state index contributed by atoms with van der Waals surface area (Å²) in [5.41, 5.74) is 0. The summed E-state index contributed by atoms with van der Waals surface area (Å²) in [4.78, 5) is 0. The van der Waals surface area contributed by atoms with Crippen LogP contribution in [0.2, 0.25) is 0 Å². The summed E-state index contributed by atoms with van der Waals surface area (Å²) < 4.78 is 2.76. The largest absolute Gasteiger partial charge is 0.275 e. The molecule has 0 fully saturated rings. The molecule has 3 heteroatoms. The van der Waals surface area contributed by atoms with Crippen LogP contribution in [0, 0.1) is 0 Å². The molecule has 0 amide bonds. The van der Waals surface area contributed by atoms with Crippen LogP contribution >= 0.6 is 15.9 Å². The van der Waals surface area contributed by atoms with Crippen molar-refractivity contribution in [2.24, 2.45) is 7.05 Å². The van der Waals surface area contributed by atoms with Gasteiger partial charge in [0.2, 0.25) is 0 Å². The van der Waals surface area contributed by atoms with Gasteiger partial charge in [-0.2, -0.15) is 5.10 Å². The highest BCUT2D eigenvalue weighted by Gasteiger charge is 1.83. The molecule has 0 radical (unpaired) electrons. The first-order valence-electron chi connectivity index (χ1n) is 2.93. The first kappa shape index (κ1) is 8.69. The van der Waals surface area contributed by atoms with E-state index in [-0.39, 0.29) is 0 Å². The van der Waals surface area contributed by atoms with Crippen LogP contribution < -0.4 is 0 Å². The molecule has 0 saturated carbocycles. The molecule has 0 atom stereocenters. The van der Waals surface area contributed by atoms with Gasteiger partial charge in [-0.05, 0) is 15.9 Å². The van der Waals surface area contributed by atoms with Gasteiger partial charge >= 0.3 is 0 Å². The molecule has 0 unspecified atom stereocenters.